The van der Waals surface area contributed by atoms with E-state index in [4.69, 9.17) is 16.5 Å². The molecular weight excluding hydrogens is 232 g/mol. The van der Waals surface area contributed by atoms with Crippen molar-refractivity contribution >= 4 is 0 Å². The van der Waals surface area contributed by atoms with Crippen LogP contribution in [0, 0.1) is 5.41 Å². The van der Waals surface area contributed by atoms with Crippen molar-refractivity contribution in [2.24, 2.45) is 17.2 Å². The van der Waals surface area contributed by atoms with Gasteiger partial charge in [0.25, 0.3) is 0 Å². The molecule has 110 valence electrons. The van der Waals surface area contributed by atoms with Gasteiger partial charge < -0.3 is 14.4 Å². The lowest BCUT2D eigenvalue weighted by atomic mass is 9.88. The monoisotopic (exact) mass is 262 g/mol. The van der Waals surface area contributed by atoms with Gasteiger partial charge in [-0.15, -0.1) is 0 Å². The Morgan fingerprint density at radius 1 is 1.00 bits per heavy atom. The Labute approximate surface area is 111 Å². The van der Waals surface area contributed by atoms with E-state index in [-0.39, 0.29) is 11.5 Å². The van der Waals surface area contributed by atoms with Crippen molar-refractivity contribution in [2.45, 2.75) is 59.0 Å². The van der Waals surface area contributed by atoms with Gasteiger partial charge in [-0.3, -0.25) is 0 Å². The van der Waals surface area contributed by atoms with Crippen LogP contribution in [0.15, 0.2) is 0 Å². The Morgan fingerprint density at radius 3 is 2.11 bits per heavy atom. The normalized spacial score (nSPS) is 12.3. The van der Waals surface area contributed by atoms with Crippen molar-refractivity contribution in [2.75, 3.05) is 19.8 Å². The fourth-order valence-corrected chi connectivity index (χ4v) is 1.80. The van der Waals surface area contributed by atoms with Gasteiger partial charge in [-0.05, 0) is 11.8 Å². The minimum atomic E-state index is -0.199. The standard InChI is InChI=1S/C13H30N2O3/c1-4-5-6-7-8-13(2,3)11-16-12(9-17-14)10-18-15/h12H,4-11,14-15H2,1-3H3. The Hall–Kier alpha value is -0.200. The van der Waals surface area contributed by atoms with Gasteiger partial charge in [-0.2, -0.15) is 0 Å². The molecule has 0 unspecified atom stereocenters. The highest BCUT2D eigenvalue weighted by Crippen LogP contribution is 2.24. The molecule has 0 amide bonds. The maximum atomic E-state index is 5.73. The Morgan fingerprint density at radius 2 is 1.61 bits per heavy atom. The maximum absolute atomic E-state index is 5.73. The van der Waals surface area contributed by atoms with Crippen LogP contribution in [0.5, 0.6) is 0 Å². The van der Waals surface area contributed by atoms with Crippen LogP contribution in [0.2, 0.25) is 0 Å². The van der Waals surface area contributed by atoms with Crippen molar-refractivity contribution in [3.63, 3.8) is 0 Å². The molecule has 0 aromatic carbocycles. The lowest BCUT2D eigenvalue weighted by Gasteiger charge is -2.27. The number of unbranched alkanes of at least 4 members (excludes halogenated alkanes) is 3. The third kappa shape index (κ3) is 9.79. The molecule has 0 aliphatic heterocycles. The van der Waals surface area contributed by atoms with Gasteiger partial charge in [-0.1, -0.05) is 46.5 Å². The molecular formula is C13H30N2O3. The summed E-state index contributed by atoms with van der Waals surface area (Å²) in [5.74, 6) is 10.1. The van der Waals surface area contributed by atoms with Crippen molar-refractivity contribution in [1.82, 2.24) is 0 Å². The summed E-state index contributed by atoms with van der Waals surface area (Å²) >= 11 is 0. The fraction of sp³-hybridized carbons (Fsp3) is 1.00. The summed E-state index contributed by atoms with van der Waals surface area (Å²) in [5, 5.41) is 0. The van der Waals surface area contributed by atoms with Gasteiger partial charge >= 0.3 is 0 Å². The topological polar surface area (TPSA) is 79.7 Å². The molecule has 0 radical (unpaired) electrons. The zero-order chi connectivity index (χ0) is 13.9. The van der Waals surface area contributed by atoms with E-state index in [0.717, 1.165) is 6.42 Å². The molecule has 0 aromatic rings. The maximum Gasteiger partial charge on any atom is 0.108 e. The van der Waals surface area contributed by atoms with Gasteiger partial charge in [0.2, 0.25) is 0 Å². The first-order valence-electron chi connectivity index (χ1n) is 6.80. The highest BCUT2D eigenvalue weighted by molar-refractivity contribution is 4.69. The van der Waals surface area contributed by atoms with E-state index in [1.807, 2.05) is 0 Å². The highest BCUT2D eigenvalue weighted by atomic mass is 16.6. The third-order valence-corrected chi connectivity index (χ3v) is 2.98. The van der Waals surface area contributed by atoms with Crippen molar-refractivity contribution in [3.05, 3.63) is 0 Å². The predicted molar refractivity (Wildman–Crippen MR) is 72.6 cm³/mol. The SMILES string of the molecule is CCCCCCC(C)(C)COC(CON)CON. The summed E-state index contributed by atoms with van der Waals surface area (Å²) in [7, 11) is 0. The Kier molecular flexibility index (Phi) is 10.6. The molecule has 0 rings (SSSR count). The van der Waals surface area contributed by atoms with Gasteiger partial charge in [0.15, 0.2) is 0 Å². The van der Waals surface area contributed by atoms with E-state index in [2.05, 4.69) is 30.4 Å². The molecule has 0 saturated heterocycles. The first kappa shape index (κ1) is 17.8. The van der Waals surface area contributed by atoms with Gasteiger partial charge in [-0.25, -0.2) is 11.8 Å². The predicted octanol–water partition coefficient (Wildman–Crippen LogP) is 2.15. The molecule has 5 nitrogen and oxygen atoms in total. The van der Waals surface area contributed by atoms with E-state index >= 15 is 0 Å². The molecule has 4 N–H and O–H groups in total. The molecule has 0 saturated carbocycles. The van der Waals surface area contributed by atoms with Crippen molar-refractivity contribution in [3.8, 4) is 0 Å². The molecule has 18 heavy (non-hydrogen) atoms. The summed E-state index contributed by atoms with van der Waals surface area (Å²) in [6, 6.07) is 0. The van der Waals surface area contributed by atoms with Crippen LogP contribution in [0.1, 0.15) is 52.9 Å². The van der Waals surface area contributed by atoms with Crippen LogP contribution in [-0.4, -0.2) is 25.9 Å². The minimum absolute atomic E-state index is 0.162. The van der Waals surface area contributed by atoms with E-state index in [0.29, 0.717) is 19.8 Å². The van der Waals surface area contributed by atoms with Crippen LogP contribution < -0.4 is 11.8 Å². The second kappa shape index (κ2) is 10.7. The summed E-state index contributed by atoms with van der Waals surface area (Å²) in [6.07, 6.45) is 6.07. The number of hydrogen-bond donors (Lipinski definition) is 2. The number of hydrogen-bond acceptors (Lipinski definition) is 5. The Bertz CT molecular complexity index is 183. The summed E-state index contributed by atoms with van der Waals surface area (Å²) < 4.78 is 5.73. The molecule has 0 atom stereocenters. The van der Waals surface area contributed by atoms with Gasteiger partial charge in [0.1, 0.15) is 6.10 Å². The molecule has 0 heterocycles. The van der Waals surface area contributed by atoms with E-state index in [9.17, 15) is 0 Å². The molecule has 0 fully saturated rings. The molecule has 0 spiro atoms. The minimum Gasteiger partial charge on any atom is -0.373 e. The first-order valence-corrected chi connectivity index (χ1v) is 6.80. The van der Waals surface area contributed by atoms with Crippen molar-refractivity contribution < 1.29 is 14.4 Å². The average molecular weight is 262 g/mol. The first-order chi connectivity index (χ1) is 8.55. The quantitative estimate of drug-likeness (QED) is 0.416. The summed E-state index contributed by atoms with van der Waals surface area (Å²) in [6.45, 7) is 7.90. The second-order valence-electron chi connectivity index (χ2n) is 5.57. The number of nitrogens with two attached hydrogens (primary N) is 2. The summed E-state index contributed by atoms with van der Waals surface area (Å²) in [4.78, 5) is 9.15. The second-order valence-corrected chi connectivity index (χ2v) is 5.57. The lowest BCUT2D eigenvalue weighted by Crippen LogP contribution is -2.32. The number of ether oxygens (including phenoxy) is 1. The van der Waals surface area contributed by atoms with Gasteiger partial charge in [0, 0.05) is 0 Å². The van der Waals surface area contributed by atoms with Gasteiger partial charge in [0.05, 0.1) is 19.8 Å². The van der Waals surface area contributed by atoms with Crippen LogP contribution in [0.25, 0.3) is 0 Å². The summed E-state index contributed by atoms with van der Waals surface area (Å²) in [5.41, 5.74) is 0.162. The smallest absolute Gasteiger partial charge is 0.108 e. The van der Waals surface area contributed by atoms with Crippen molar-refractivity contribution in [1.29, 1.82) is 0 Å². The van der Waals surface area contributed by atoms with Crippen LogP contribution in [-0.2, 0) is 14.4 Å². The number of rotatable bonds is 12. The highest BCUT2D eigenvalue weighted by Gasteiger charge is 2.20. The average Bonchev–Trinajstić information content (AvgIpc) is 2.33. The Balaban J connectivity index is 3.83. The molecule has 0 aromatic heterocycles. The molecule has 0 bridgehead atoms. The van der Waals surface area contributed by atoms with Crippen LogP contribution in [0.3, 0.4) is 0 Å². The van der Waals surface area contributed by atoms with Crippen LogP contribution >= 0.6 is 0 Å². The fourth-order valence-electron chi connectivity index (χ4n) is 1.80. The zero-order valence-corrected chi connectivity index (χ0v) is 12.1. The molecule has 5 heteroatoms. The van der Waals surface area contributed by atoms with E-state index < -0.39 is 0 Å². The van der Waals surface area contributed by atoms with E-state index in [1.165, 1.54) is 25.7 Å². The third-order valence-electron chi connectivity index (χ3n) is 2.98. The zero-order valence-electron chi connectivity index (χ0n) is 12.1. The largest absolute Gasteiger partial charge is 0.373 e. The van der Waals surface area contributed by atoms with Crippen LogP contribution in [0.4, 0.5) is 0 Å². The molecule has 0 aliphatic rings. The van der Waals surface area contributed by atoms with E-state index in [1.54, 1.807) is 0 Å². The molecule has 0 aliphatic carbocycles. The lowest BCUT2D eigenvalue weighted by molar-refractivity contribution is -0.0823.